The van der Waals surface area contributed by atoms with Gasteiger partial charge in [-0.2, -0.15) is 0 Å². The monoisotopic (exact) mass is 407 g/mol. The van der Waals surface area contributed by atoms with Crippen LogP contribution in [0.5, 0.6) is 0 Å². The van der Waals surface area contributed by atoms with Gasteiger partial charge in [0.2, 0.25) is 0 Å². The number of aromatic nitrogens is 3. The summed E-state index contributed by atoms with van der Waals surface area (Å²) in [5, 5.41) is 1.10. The van der Waals surface area contributed by atoms with Gasteiger partial charge in [0.1, 0.15) is 28.1 Å². The van der Waals surface area contributed by atoms with Gasteiger partial charge in [0.05, 0.1) is 12.5 Å². The Morgan fingerprint density at radius 3 is 2.52 bits per heavy atom. The third kappa shape index (κ3) is 3.73. The van der Waals surface area contributed by atoms with Crippen LogP contribution >= 0.6 is 11.8 Å². The Labute approximate surface area is 171 Å². The molecule has 146 valence electrons. The standard InChI is InChI=1S/C22H18FN3O2S/c1-14(22(27)28-2)29-21-19-18(15-6-4-3-5-7-15)12-26(20(19)24-13-25-21)17-10-8-16(23)9-11-17/h3-14H,1-2H3/t14-/m0/s1. The quantitative estimate of drug-likeness (QED) is 0.268. The van der Waals surface area contributed by atoms with Crippen molar-refractivity contribution in [1.82, 2.24) is 14.5 Å². The van der Waals surface area contributed by atoms with Crippen molar-refractivity contribution in [3.8, 4) is 16.8 Å². The summed E-state index contributed by atoms with van der Waals surface area (Å²) in [6, 6.07) is 16.1. The zero-order valence-electron chi connectivity index (χ0n) is 15.9. The van der Waals surface area contributed by atoms with E-state index < -0.39 is 5.25 Å². The molecule has 0 aliphatic rings. The lowest BCUT2D eigenvalue weighted by Crippen LogP contribution is -2.14. The van der Waals surface area contributed by atoms with Gasteiger partial charge >= 0.3 is 5.97 Å². The van der Waals surface area contributed by atoms with Gasteiger partial charge in [0.25, 0.3) is 0 Å². The van der Waals surface area contributed by atoms with Crippen LogP contribution in [0.2, 0.25) is 0 Å². The summed E-state index contributed by atoms with van der Waals surface area (Å²) in [6.45, 7) is 1.78. The molecule has 4 aromatic rings. The summed E-state index contributed by atoms with van der Waals surface area (Å²) >= 11 is 1.33. The van der Waals surface area contributed by atoms with Gasteiger partial charge in [-0.3, -0.25) is 4.79 Å². The smallest absolute Gasteiger partial charge is 0.318 e. The van der Waals surface area contributed by atoms with Crippen molar-refractivity contribution in [2.75, 3.05) is 7.11 Å². The molecule has 7 heteroatoms. The third-order valence-electron chi connectivity index (χ3n) is 4.56. The number of hydrogen-bond donors (Lipinski definition) is 0. The van der Waals surface area contributed by atoms with Crippen LogP contribution in [0.3, 0.4) is 0 Å². The van der Waals surface area contributed by atoms with E-state index in [4.69, 9.17) is 4.74 Å². The van der Waals surface area contributed by atoms with Gasteiger partial charge < -0.3 is 9.30 Å². The molecular formula is C22H18FN3O2S. The maximum absolute atomic E-state index is 13.4. The summed E-state index contributed by atoms with van der Waals surface area (Å²) in [4.78, 5) is 20.9. The fraction of sp³-hybridized carbons (Fsp3) is 0.136. The first-order valence-corrected chi connectivity index (χ1v) is 9.88. The number of nitrogens with zero attached hydrogens (tertiary/aromatic N) is 3. The third-order valence-corrected chi connectivity index (χ3v) is 5.64. The number of benzene rings is 2. The van der Waals surface area contributed by atoms with Crippen LogP contribution < -0.4 is 0 Å². The van der Waals surface area contributed by atoms with Crippen molar-refractivity contribution in [3.63, 3.8) is 0 Å². The van der Waals surface area contributed by atoms with E-state index in [1.165, 1.54) is 37.3 Å². The van der Waals surface area contributed by atoms with Gasteiger partial charge in [-0.05, 0) is 36.8 Å². The van der Waals surface area contributed by atoms with Gasteiger partial charge in [-0.15, -0.1) is 0 Å². The Morgan fingerprint density at radius 2 is 1.83 bits per heavy atom. The first-order valence-electron chi connectivity index (χ1n) is 9.00. The largest absolute Gasteiger partial charge is 0.468 e. The molecule has 0 saturated carbocycles. The highest BCUT2D eigenvalue weighted by atomic mass is 32.2. The Morgan fingerprint density at radius 1 is 1.10 bits per heavy atom. The molecule has 0 aliphatic heterocycles. The lowest BCUT2D eigenvalue weighted by atomic mass is 10.1. The van der Waals surface area contributed by atoms with E-state index in [0.29, 0.717) is 10.7 Å². The predicted octanol–water partition coefficient (Wildman–Crippen LogP) is 4.88. The first kappa shape index (κ1) is 19.1. The van der Waals surface area contributed by atoms with E-state index in [1.54, 1.807) is 19.1 Å². The van der Waals surface area contributed by atoms with Crippen LogP contribution in [-0.4, -0.2) is 32.9 Å². The lowest BCUT2D eigenvalue weighted by molar-refractivity contribution is -0.139. The lowest BCUT2D eigenvalue weighted by Gasteiger charge is -2.10. The minimum absolute atomic E-state index is 0.300. The van der Waals surface area contributed by atoms with E-state index in [-0.39, 0.29) is 11.8 Å². The highest BCUT2D eigenvalue weighted by Gasteiger charge is 2.22. The molecule has 0 amide bonds. The van der Waals surface area contributed by atoms with Gasteiger partial charge in [0.15, 0.2) is 0 Å². The van der Waals surface area contributed by atoms with Crippen molar-refractivity contribution in [2.24, 2.45) is 0 Å². The predicted molar refractivity (Wildman–Crippen MR) is 112 cm³/mol. The molecule has 2 heterocycles. The molecule has 0 radical (unpaired) electrons. The summed E-state index contributed by atoms with van der Waals surface area (Å²) < 4.78 is 20.2. The number of thioether (sulfide) groups is 1. The van der Waals surface area contributed by atoms with E-state index >= 15 is 0 Å². The summed E-state index contributed by atoms with van der Waals surface area (Å²) in [7, 11) is 1.37. The van der Waals surface area contributed by atoms with Crippen molar-refractivity contribution < 1.29 is 13.9 Å². The van der Waals surface area contributed by atoms with Crippen molar-refractivity contribution in [2.45, 2.75) is 17.2 Å². The van der Waals surface area contributed by atoms with Crippen LogP contribution in [0, 0.1) is 5.82 Å². The van der Waals surface area contributed by atoms with Crippen molar-refractivity contribution >= 4 is 28.8 Å². The van der Waals surface area contributed by atoms with Crippen LogP contribution in [0.1, 0.15) is 6.92 Å². The zero-order valence-corrected chi connectivity index (χ0v) is 16.7. The number of fused-ring (bicyclic) bond motifs is 1. The molecule has 5 nitrogen and oxygen atoms in total. The summed E-state index contributed by atoms with van der Waals surface area (Å²) in [5.41, 5.74) is 3.41. The van der Waals surface area contributed by atoms with Crippen molar-refractivity contribution in [3.05, 3.63) is 72.9 Å². The molecule has 0 fully saturated rings. The number of rotatable bonds is 5. The fourth-order valence-corrected chi connectivity index (χ4v) is 4.09. The van der Waals surface area contributed by atoms with Gasteiger partial charge in [-0.1, -0.05) is 42.1 Å². The minimum Gasteiger partial charge on any atom is -0.468 e. The van der Waals surface area contributed by atoms with Crippen LogP contribution in [0.4, 0.5) is 4.39 Å². The Hall–Kier alpha value is -3.19. The van der Waals surface area contributed by atoms with E-state index in [0.717, 1.165) is 22.2 Å². The van der Waals surface area contributed by atoms with Crippen LogP contribution in [0.15, 0.2) is 72.1 Å². The van der Waals surface area contributed by atoms with Crippen LogP contribution in [0.25, 0.3) is 27.8 Å². The summed E-state index contributed by atoms with van der Waals surface area (Å²) in [5.74, 6) is -0.618. The van der Waals surface area contributed by atoms with Gasteiger partial charge in [0, 0.05) is 17.4 Å². The Balaban J connectivity index is 1.94. The maximum atomic E-state index is 13.4. The molecular weight excluding hydrogens is 389 g/mol. The second kappa shape index (κ2) is 8.05. The number of hydrogen-bond acceptors (Lipinski definition) is 5. The average Bonchev–Trinajstić information content (AvgIpc) is 3.15. The molecule has 0 bridgehead atoms. The van der Waals surface area contributed by atoms with Gasteiger partial charge in [-0.25, -0.2) is 14.4 Å². The molecule has 2 aromatic carbocycles. The topological polar surface area (TPSA) is 57.0 Å². The number of methoxy groups -OCH3 is 1. The number of carbonyl (C=O) groups is 1. The highest BCUT2D eigenvalue weighted by Crippen LogP contribution is 2.38. The zero-order chi connectivity index (χ0) is 20.4. The normalized spacial score (nSPS) is 12.1. The van der Waals surface area contributed by atoms with E-state index in [2.05, 4.69) is 9.97 Å². The number of carbonyl (C=O) groups excluding carboxylic acids is 1. The second-order valence-corrected chi connectivity index (χ2v) is 7.75. The molecule has 1 atom stereocenters. The van der Waals surface area contributed by atoms with Crippen molar-refractivity contribution in [1.29, 1.82) is 0 Å². The number of halogens is 1. The molecule has 0 unspecified atom stereocenters. The molecule has 0 saturated heterocycles. The number of ether oxygens (including phenoxy) is 1. The molecule has 29 heavy (non-hydrogen) atoms. The van der Waals surface area contributed by atoms with E-state index in [1.807, 2.05) is 41.1 Å². The van der Waals surface area contributed by atoms with E-state index in [9.17, 15) is 9.18 Å². The SMILES string of the molecule is COC(=O)[C@H](C)Sc1ncnc2c1c(-c1ccccc1)cn2-c1ccc(F)cc1. The number of esters is 1. The molecule has 4 rings (SSSR count). The first-order chi connectivity index (χ1) is 14.1. The Kier molecular flexibility index (Phi) is 5.31. The summed E-state index contributed by atoms with van der Waals surface area (Å²) in [6.07, 6.45) is 3.44. The Bertz CT molecular complexity index is 1160. The molecule has 0 spiro atoms. The van der Waals surface area contributed by atoms with Crippen LogP contribution in [-0.2, 0) is 9.53 Å². The molecule has 0 aliphatic carbocycles. The minimum atomic E-state index is -0.420. The average molecular weight is 407 g/mol. The fourth-order valence-electron chi connectivity index (χ4n) is 3.14. The molecule has 0 N–H and O–H groups in total. The second-order valence-electron chi connectivity index (χ2n) is 6.42. The maximum Gasteiger partial charge on any atom is 0.318 e. The molecule has 2 aromatic heterocycles. The highest BCUT2D eigenvalue weighted by molar-refractivity contribution is 8.00.